The van der Waals surface area contributed by atoms with Gasteiger partial charge in [0.2, 0.25) is 5.91 Å². The lowest BCUT2D eigenvalue weighted by Crippen LogP contribution is -2.15. The van der Waals surface area contributed by atoms with E-state index >= 15 is 0 Å². The minimum absolute atomic E-state index is 0.0156. The average Bonchev–Trinajstić information content (AvgIpc) is 2.84. The van der Waals surface area contributed by atoms with Gasteiger partial charge in [-0.25, -0.2) is 0 Å². The van der Waals surface area contributed by atoms with Crippen molar-refractivity contribution in [1.29, 1.82) is 0 Å². The van der Waals surface area contributed by atoms with E-state index in [4.69, 9.17) is 4.74 Å². The number of aromatic nitrogens is 2. The summed E-state index contributed by atoms with van der Waals surface area (Å²) in [5.41, 5.74) is 1.62. The summed E-state index contributed by atoms with van der Waals surface area (Å²) in [5, 5.41) is 10.7. The van der Waals surface area contributed by atoms with Gasteiger partial charge in [-0.1, -0.05) is 12.1 Å². The summed E-state index contributed by atoms with van der Waals surface area (Å²) in [7, 11) is 1.65. The Bertz CT molecular complexity index is 527. The van der Waals surface area contributed by atoms with E-state index in [1.165, 1.54) is 0 Å². The van der Waals surface area contributed by atoms with Crippen LogP contribution in [0.3, 0.4) is 0 Å². The first-order valence-corrected chi connectivity index (χ1v) is 6.75. The Labute approximate surface area is 109 Å². The third-order valence-electron chi connectivity index (χ3n) is 2.42. The van der Waals surface area contributed by atoms with Gasteiger partial charge in [0.05, 0.1) is 29.8 Å². The summed E-state index contributed by atoms with van der Waals surface area (Å²) in [6, 6.07) is 5.70. The average molecular weight is 265 g/mol. The lowest BCUT2D eigenvalue weighted by Gasteiger charge is -2.05. The third kappa shape index (κ3) is 3.24. The van der Waals surface area contributed by atoms with Crippen LogP contribution in [0, 0.1) is 0 Å². The van der Waals surface area contributed by atoms with Crippen molar-refractivity contribution in [1.82, 2.24) is 10.2 Å². The lowest BCUT2D eigenvalue weighted by molar-refractivity contribution is -0.113. The van der Waals surface area contributed by atoms with Crippen molar-refractivity contribution >= 4 is 34.3 Å². The number of H-pyrrole nitrogens is 1. The van der Waals surface area contributed by atoms with Crippen LogP contribution in [0.1, 0.15) is 0 Å². The van der Waals surface area contributed by atoms with Crippen molar-refractivity contribution < 1.29 is 9.53 Å². The normalized spacial score (nSPS) is 10.7. The van der Waals surface area contributed by atoms with E-state index in [0.29, 0.717) is 12.4 Å². The molecule has 0 saturated heterocycles. The molecule has 1 aromatic heterocycles. The number of rotatable bonds is 6. The molecule has 96 valence electrons. The number of ether oxygens (including phenoxy) is 1. The van der Waals surface area contributed by atoms with Crippen LogP contribution in [0.4, 0.5) is 5.69 Å². The molecule has 0 unspecified atom stereocenters. The van der Waals surface area contributed by atoms with Crippen molar-refractivity contribution in [3.8, 4) is 0 Å². The zero-order valence-electron chi connectivity index (χ0n) is 10.1. The Balaban J connectivity index is 1.92. The third-order valence-corrected chi connectivity index (χ3v) is 3.34. The molecule has 0 fully saturated rings. The van der Waals surface area contributed by atoms with Crippen LogP contribution in [0.15, 0.2) is 24.4 Å². The topological polar surface area (TPSA) is 67.0 Å². The Kier molecular flexibility index (Phi) is 4.60. The number of amides is 1. The first-order chi connectivity index (χ1) is 8.81. The molecule has 18 heavy (non-hydrogen) atoms. The number of thioether (sulfide) groups is 1. The zero-order valence-corrected chi connectivity index (χ0v) is 10.9. The largest absolute Gasteiger partial charge is 0.384 e. The molecule has 0 bridgehead atoms. The molecule has 0 aliphatic carbocycles. The molecule has 2 N–H and O–H groups in total. The predicted molar refractivity (Wildman–Crippen MR) is 73.9 cm³/mol. The summed E-state index contributed by atoms with van der Waals surface area (Å²) in [6.45, 7) is 0.661. The van der Waals surface area contributed by atoms with Gasteiger partial charge < -0.3 is 10.1 Å². The van der Waals surface area contributed by atoms with Crippen LogP contribution in [-0.4, -0.2) is 41.3 Å². The van der Waals surface area contributed by atoms with Crippen molar-refractivity contribution in [2.45, 2.75) is 0 Å². The van der Waals surface area contributed by atoms with Gasteiger partial charge in [-0.2, -0.15) is 5.10 Å². The van der Waals surface area contributed by atoms with E-state index < -0.39 is 0 Å². The molecule has 0 spiro atoms. The van der Waals surface area contributed by atoms with Gasteiger partial charge in [0.15, 0.2) is 0 Å². The SMILES string of the molecule is COCCSCC(=O)Nc1cccc2cn[nH]c12. The molecule has 0 aliphatic heterocycles. The highest BCUT2D eigenvalue weighted by atomic mass is 32.2. The number of hydrogen-bond donors (Lipinski definition) is 2. The van der Waals surface area contributed by atoms with Gasteiger partial charge in [-0.15, -0.1) is 11.8 Å². The number of carbonyl (C=O) groups is 1. The molecular formula is C12H15N3O2S. The minimum Gasteiger partial charge on any atom is -0.384 e. The van der Waals surface area contributed by atoms with E-state index in [-0.39, 0.29) is 5.91 Å². The Hall–Kier alpha value is -1.53. The highest BCUT2D eigenvalue weighted by molar-refractivity contribution is 7.99. The van der Waals surface area contributed by atoms with Gasteiger partial charge in [0.1, 0.15) is 0 Å². The maximum absolute atomic E-state index is 11.7. The predicted octanol–water partition coefficient (Wildman–Crippen LogP) is 1.88. The molecule has 5 nitrogen and oxygen atoms in total. The van der Waals surface area contributed by atoms with Crippen LogP contribution in [0.2, 0.25) is 0 Å². The monoisotopic (exact) mass is 265 g/mol. The highest BCUT2D eigenvalue weighted by Crippen LogP contribution is 2.20. The first-order valence-electron chi connectivity index (χ1n) is 5.60. The van der Waals surface area contributed by atoms with Gasteiger partial charge in [0.25, 0.3) is 0 Å². The Morgan fingerprint density at radius 2 is 2.44 bits per heavy atom. The van der Waals surface area contributed by atoms with E-state index in [1.807, 2.05) is 18.2 Å². The molecule has 1 aromatic carbocycles. The van der Waals surface area contributed by atoms with E-state index in [1.54, 1.807) is 25.1 Å². The van der Waals surface area contributed by atoms with Crippen LogP contribution in [0.25, 0.3) is 10.9 Å². The van der Waals surface area contributed by atoms with Crippen LogP contribution in [-0.2, 0) is 9.53 Å². The number of nitrogens with zero attached hydrogens (tertiary/aromatic N) is 1. The van der Waals surface area contributed by atoms with Gasteiger partial charge in [-0.3, -0.25) is 9.89 Å². The molecule has 1 heterocycles. The van der Waals surface area contributed by atoms with Crippen molar-refractivity contribution in [3.05, 3.63) is 24.4 Å². The molecule has 2 aromatic rings. The summed E-state index contributed by atoms with van der Waals surface area (Å²) >= 11 is 1.55. The van der Waals surface area contributed by atoms with Crippen molar-refractivity contribution in [3.63, 3.8) is 0 Å². The Morgan fingerprint density at radius 3 is 3.28 bits per heavy atom. The second-order valence-electron chi connectivity index (χ2n) is 3.73. The lowest BCUT2D eigenvalue weighted by atomic mass is 10.2. The summed E-state index contributed by atoms with van der Waals surface area (Å²) in [4.78, 5) is 11.7. The van der Waals surface area contributed by atoms with E-state index in [0.717, 1.165) is 22.3 Å². The van der Waals surface area contributed by atoms with Crippen molar-refractivity contribution in [2.75, 3.05) is 30.5 Å². The van der Waals surface area contributed by atoms with Crippen molar-refractivity contribution in [2.24, 2.45) is 0 Å². The summed E-state index contributed by atoms with van der Waals surface area (Å²) < 4.78 is 4.92. The second-order valence-corrected chi connectivity index (χ2v) is 4.84. The van der Waals surface area contributed by atoms with E-state index in [2.05, 4.69) is 15.5 Å². The zero-order chi connectivity index (χ0) is 12.8. The van der Waals surface area contributed by atoms with Crippen LogP contribution in [0.5, 0.6) is 0 Å². The number of benzene rings is 1. The molecule has 6 heteroatoms. The highest BCUT2D eigenvalue weighted by Gasteiger charge is 2.06. The fourth-order valence-corrected chi connectivity index (χ4v) is 2.25. The number of nitrogens with one attached hydrogen (secondary N) is 2. The molecular weight excluding hydrogens is 250 g/mol. The smallest absolute Gasteiger partial charge is 0.234 e. The standard InChI is InChI=1S/C12H15N3O2S/c1-17-5-6-18-8-11(16)14-10-4-2-3-9-7-13-15-12(9)10/h2-4,7H,5-6,8H2,1H3,(H,13,15)(H,14,16). The number of hydrogen-bond acceptors (Lipinski definition) is 4. The maximum Gasteiger partial charge on any atom is 0.234 e. The van der Waals surface area contributed by atoms with Gasteiger partial charge in [-0.05, 0) is 6.07 Å². The number of aromatic amines is 1. The van der Waals surface area contributed by atoms with Gasteiger partial charge in [0, 0.05) is 18.2 Å². The molecule has 1 amide bonds. The van der Waals surface area contributed by atoms with E-state index in [9.17, 15) is 4.79 Å². The van der Waals surface area contributed by atoms with Gasteiger partial charge >= 0.3 is 0 Å². The Morgan fingerprint density at radius 1 is 1.56 bits per heavy atom. The first kappa shape index (κ1) is 12.9. The quantitative estimate of drug-likeness (QED) is 0.783. The fourth-order valence-electron chi connectivity index (χ4n) is 1.57. The number of carbonyl (C=O) groups excluding carboxylic acids is 1. The molecule has 0 aliphatic rings. The maximum atomic E-state index is 11.7. The molecule has 0 saturated carbocycles. The van der Waals surface area contributed by atoms with Crippen LogP contribution < -0.4 is 5.32 Å². The summed E-state index contributed by atoms with van der Waals surface area (Å²) in [5.74, 6) is 1.23. The van der Waals surface area contributed by atoms with Crippen LogP contribution >= 0.6 is 11.8 Å². The molecule has 0 atom stereocenters. The molecule has 0 radical (unpaired) electrons. The second kappa shape index (κ2) is 6.42. The minimum atomic E-state index is -0.0156. The number of anilines is 1. The fraction of sp³-hybridized carbons (Fsp3) is 0.333. The number of methoxy groups -OCH3 is 1. The number of para-hydroxylation sites is 1. The summed E-state index contributed by atoms with van der Waals surface area (Å²) in [6.07, 6.45) is 1.73. The molecule has 2 rings (SSSR count). The number of fused-ring (bicyclic) bond motifs is 1.